The second-order valence-corrected chi connectivity index (χ2v) is 3.71. The Morgan fingerprint density at radius 1 is 1.73 bits per heavy atom. The molecule has 66 valence electrons. The van der Waals surface area contributed by atoms with Gasteiger partial charge in [-0.05, 0) is 13.2 Å². The van der Waals surface area contributed by atoms with Crippen LogP contribution in [0.4, 0.5) is 0 Å². The summed E-state index contributed by atoms with van der Waals surface area (Å²) in [6.45, 7) is 1.85. The van der Waals surface area contributed by atoms with Gasteiger partial charge in [-0.15, -0.1) is 0 Å². The van der Waals surface area contributed by atoms with Gasteiger partial charge in [-0.25, -0.2) is 0 Å². The second-order valence-electron chi connectivity index (χ2n) is 2.84. The largest absolute Gasteiger partial charge is 0.469 e. The molecule has 4 heteroatoms. The van der Waals surface area contributed by atoms with Crippen molar-refractivity contribution in [3.8, 4) is 0 Å². The number of nitrogens with two attached hydrogens (primary N) is 1. The van der Waals surface area contributed by atoms with E-state index < -0.39 is 5.54 Å². The summed E-state index contributed by atoms with van der Waals surface area (Å²) in [5, 5.41) is 0. The van der Waals surface area contributed by atoms with Gasteiger partial charge in [-0.3, -0.25) is 4.79 Å². The standard InChI is InChI=1S/C7H15NO2S/c1-7(8,5-11-3)4-6(9)10-2/h4-5,8H2,1-3H3. The van der Waals surface area contributed by atoms with Crippen LogP contribution in [-0.2, 0) is 9.53 Å². The number of hydrogen-bond acceptors (Lipinski definition) is 4. The third kappa shape index (κ3) is 5.09. The lowest BCUT2D eigenvalue weighted by molar-refractivity contribution is -0.141. The van der Waals surface area contributed by atoms with E-state index in [-0.39, 0.29) is 12.4 Å². The zero-order chi connectivity index (χ0) is 8.91. The molecular weight excluding hydrogens is 162 g/mol. The van der Waals surface area contributed by atoms with Crippen LogP contribution in [0.5, 0.6) is 0 Å². The van der Waals surface area contributed by atoms with E-state index in [0.717, 1.165) is 5.75 Å². The Balaban J connectivity index is 3.80. The Morgan fingerprint density at radius 3 is 2.64 bits per heavy atom. The first-order valence-corrected chi connectivity index (χ1v) is 4.76. The summed E-state index contributed by atoms with van der Waals surface area (Å²) >= 11 is 1.63. The number of esters is 1. The van der Waals surface area contributed by atoms with Crippen LogP contribution in [0, 0.1) is 0 Å². The molecule has 1 unspecified atom stereocenters. The molecule has 11 heavy (non-hydrogen) atoms. The Labute approximate surface area is 71.7 Å². The number of methoxy groups -OCH3 is 1. The Morgan fingerprint density at radius 2 is 2.27 bits per heavy atom. The molecule has 0 aliphatic carbocycles. The molecule has 0 saturated heterocycles. The first-order chi connectivity index (χ1) is 5.02. The Hall–Kier alpha value is -0.220. The molecule has 0 heterocycles. The molecule has 2 N–H and O–H groups in total. The summed E-state index contributed by atoms with van der Waals surface area (Å²) in [6, 6.07) is 0. The lowest BCUT2D eigenvalue weighted by atomic mass is 10.0. The maximum atomic E-state index is 10.8. The third-order valence-corrected chi connectivity index (χ3v) is 2.20. The van der Waals surface area contributed by atoms with Crippen LogP contribution in [0.15, 0.2) is 0 Å². The zero-order valence-electron chi connectivity index (χ0n) is 7.22. The lowest BCUT2D eigenvalue weighted by Gasteiger charge is -2.21. The van der Waals surface area contributed by atoms with Gasteiger partial charge in [0, 0.05) is 11.3 Å². The van der Waals surface area contributed by atoms with Crippen molar-refractivity contribution in [2.75, 3.05) is 19.1 Å². The molecule has 0 aromatic carbocycles. The summed E-state index contributed by atoms with van der Waals surface area (Å²) < 4.78 is 4.50. The van der Waals surface area contributed by atoms with Crippen molar-refractivity contribution in [1.82, 2.24) is 0 Å². The number of carbonyl (C=O) groups is 1. The van der Waals surface area contributed by atoms with E-state index in [1.54, 1.807) is 11.8 Å². The van der Waals surface area contributed by atoms with Gasteiger partial charge < -0.3 is 10.5 Å². The van der Waals surface area contributed by atoms with Crippen molar-refractivity contribution >= 4 is 17.7 Å². The van der Waals surface area contributed by atoms with Crippen LogP contribution in [0.1, 0.15) is 13.3 Å². The molecule has 0 rings (SSSR count). The van der Waals surface area contributed by atoms with Gasteiger partial charge in [0.2, 0.25) is 0 Å². The number of rotatable bonds is 4. The highest BCUT2D eigenvalue weighted by Crippen LogP contribution is 2.12. The number of hydrogen-bond donors (Lipinski definition) is 1. The van der Waals surface area contributed by atoms with Gasteiger partial charge in [0.05, 0.1) is 13.5 Å². The maximum absolute atomic E-state index is 10.8. The van der Waals surface area contributed by atoms with E-state index in [2.05, 4.69) is 4.74 Å². The summed E-state index contributed by atoms with van der Waals surface area (Å²) in [5.74, 6) is 0.520. The Bertz CT molecular complexity index is 136. The van der Waals surface area contributed by atoms with E-state index in [1.807, 2.05) is 13.2 Å². The minimum absolute atomic E-state index is 0.246. The molecule has 0 aromatic rings. The van der Waals surface area contributed by atoms with Crippen LogP contribution in [-0.4, -0.2) is 30.6 Å². The van der Waals surface area contributed by atoms with Crippen LogP contribution in [0.3, 0.4) is 0 Å². The molecule has 0 amide bonds. The van der Waals surface area contributed by atoms with Gasteiger partial charge in [-0.1, -0.05) is 0 Å². The summed E-state index contributed by atoms with van der Waals surface area (Å²) in [6.07, 6.45) is 2.24. The fourth-order valence-corrected chi connectivity index (χ4v) is 1.54. The molecular formula is C7H15NO2S. The molecule has 1 atom stereocenters. The van der Waals surface area contributed by atoms with Crippen LogP contribution >= 0.6 is 11.8 Å². The van der Waals surface area contributed by atoms with Crippen LogP contribution < -0.4 is 5.73 Å². The molecule has 3 nitrogen and oxygen atoms in total. The van der Waals surface area contributed by atoms with Crippen molar-refractivity contribution < 1.29 is 9.53 Å². The summed E-state index contributed by atoms with van der Waals surface area (Å²) in [5.41, 5.74) is 5.34. The summed E-state index contributed by atoms with van der Waals surface area (Å²) in [7, 11) is 1.37. The lowest BCUT2D eigenvalue weighted by Crippen LogP contribution is -2.41. The minimum Gasteiger partial charge on any atom is -0.469 e. The fourth-order valence-electron chi connectivity index (χ4n) is 0.783. The van der Waals surface area contributed by atoms with Gasteiger partial charge >= 0.3 is 5.97 Å². The number of carbonyl (C=O) groups excluding carboxylic acids is 1. The Kier molecular flexibility index (Phi) is 4.52. The summed E-state index contributed by atoms with van der Waals surface area (Å²) in [4.78, 5) is 10.8. The van der Waals surface area contributed by atoms with E-state index in [4.69, 9.17) is 5.73 Å². The smallest absolute Gasteiger partial charge is 0.307 e. The highest BCUT2D eigenvalue weighted by atomic mass is 32.2. The SMILES string of the molecule is COC(=O)CC(C)(N)CSC. The average Bonchev–Trinajstić information content (AvgIpc) is 1.86. The monoisotopic (exact) mass is 177 g/mol. The second kappa shape index (κ2) is 4.62. The molecule has 0 radical (unpaired) electrons. The van der Waals surface area contributed by atoms with Crippen LogP contribution in [0.25, 0.3) is 0 Å². The number of thioether (sulfide) groups is 1. The van der Waals surface area contributed by atoms with Gasteiger partial charge in [0.25, 0.3) is 0 Å². The minimum atomic E-state index is -0.438. The van der Waals surface area contributed by atoms with E-state index in [1.165, 1.54) is 7.11 Å². The van der Waals surface area contributed by atoms with Crippen molar-refractivity contribution in [2.24, 2.45) is 5.73 Å². The van der Waals surface area contributed by atoms with Gasteiger partial charge in [-0.2, -0.15) is 11.8 Å². The predicted octanol–water partition coefficient (Wildman–Crippen LogP) is 0.630. The van der Waals surface area contributed by atoms with E-state index in [9.17, 15) is 4.79 Å². The first-order valence-electron chi connectivity index (χ1n) is 3.36. The molecule has 0 bridgehead atoms. The number of ether oxygens (including phenoxy) is 1. The van der Waals surface area contributed by atoms with Crippen molar-refractivity contribution in [3.63, 3.8) is 0 Å². The van der Waals surface area contributed by atoms with E-state index >= 15 is 0 Å². The quantitative estimate of drug-likeness (QED) is 0.640. The predicted molar refractivity (Wildman–Crippen MR) is 47.6 cm³/mol. The molecule has 0 saturated carbocycles. The normalized spacial score (nSPS) is 15.6. The van der Waals surface area contributed by atoms with Crippen molar-refractivity contribution in [1.29, 1.82) is 0 Å². The molecule has 0 aliphatic rings. The molecule has 0 fully saturated rings. The third-order valence-electron chi connectivity index (χ3n) is 1.25. The van der Waals surface area contributed by atoms with Crippen LogP contribution in [0.2, 0.25) is 0 Å². The molecule has 0 spiro atoms. The molecule has 0 aromatic heterocycles. The van der Waals surface area contributed by atoms with Gasteiger partial charge in [0.1, 0.15) is 0 Å². The highest BCUT2D eigenvalue weighted by molar-refractivity contribution is 7.98. The highest BCUT2D eigenvalue weighted by Gasteiger charge is 2.21. The first kappa shape index (κ1) is 10.8. The van der Waals surface area contributed by atoms with Gasteiger partial charge in [0.15, 0.2) is 0 Å². The fraction of sp³-hybridized carbons (Fsp3) is 0.857. The maximum Gasteiger partial charge on any atom is 0.307 e. The average molecular weight is 177 g/mol. The topological polar surface area (TPSA) is 52.3 Å². The van der Waals surface area contributed by atoms with E-state index in [0.29, 0.717) is 0 Å². The van der Waals surface area contributed by atoms with Crippen molar-refractivity contribution in [2.45, 2.75) is 18.9 Å². The van der Waals surface area contributed by atoms with Crippen molar-refractivity contribution in [3.05, 3.63) is 0 Å². The zero-order valence-corrected chi connectivity index (χ0v) is 8.03. The molecule has 0 aliphatic heterocycles.